The van der Waals surface area contributed by atoms with Crippen LogP contribution in [0, 0.1) is 0 Å². The van der Waals surface area contributed by atoms with Gasteiger partial charge in [0.15, 0.2) is 0 Å². The second kappa shape index (κ2) is 5.86. The van der Waals surface area contributed by atoms with Crippen LogP contribution in [0.5, 0.6) is 0 Å². The van der Waals surface area contributed by atoms with Gasteiger partial charge in [-0.15, -0.1) is 0 Å². The third-order valence-corrected chi connectivity index (χ3v) is 5.09. The van der Waals surface area contributed by atoms with Crippen molar-refractivity contribution in [2.24, 2.45) is 7.05 Å². The van der Waals surface area contributed by atoms with Gasteiger partial charge in [0.2, 0.25) is 0 Å². The number of benzene rings is 1. The van der Waals surface area contributed by atoms with Crippen molar-refractivity contribution in [1.29, 1.82) is 0 Å². The standard InChI is InChI=1S/C17H19ClFN5/c1-22-4-3-13(16(19)10-22)14-6-17-11(5-15(14)18)7-21-24(17)12-8-20-23(2)9-12/h5-9,13,16H,3-4,10H2,1-2H3/t13?,16-/m1/s1. The van der Waals surface area contributed by atoms with Crippen LogP contribution in [0.3, 0.4) is 0 Å². The van der Waals surface area contributed by atoms with Crippen molar-refractivity contribution in [3.05, 3.63) is 41.3 Å². The first-order valence-electron chi connectivity index (χ1n) is 8.02. The summed E-state index contributed by atoms with van der Waals surface area (Å²) in [6, 6.07) is 3.87. The van der Waals surface area contributed by atoms with E-state index in [9.17, 15) is 4.39 Å². The molecule has 0 radical (unpaired) electrons. The van der Waals surface area contributed by atoms with E-state index >= 15 is 0 Å². The fraction of sp³-hybridized carbons (Fsp3) is 0.412. The molecule has 0 N–H and O–H groups in total. The molecule has 1 aliphatic rings. The van der Waals surface area contributed by atoms with Gasteiger partial charge >= 0.3 is 0 Å². The van der Waals surface area contributed by atoms with Crippen LogP contribution in [-0.2, 0) is 7.05 Å². The Balaban J connectivity index is 1.80. The van der Waals surface area contributed by atoms with Crippen LogP contribution in [0.4, 0.5) is 4.39 Å². The van der Waals surface area contributed by atoms with Gasteiger partial charge in [0, 0.05) is 29.9 Å². The fourth-order valence-electron chi connectivity index (χ4n) is 3.48. The average Bonchev–Trinajstić information content (AvgIpc) is 3.12. The summed E-state index contributed by atoms with van der Waals surface area (Å²) in [6.07, 6.45) is 5.29. The highest BCUT2D eigenvalue weighted by molar-refractivity contribution is 6.32. The van der Waals surface area contributed by atoms with Crippen LogP contribution >= 0.6 is 11.6 Å². The first-order chi connectivity index (χ1) is 11.5. The van der Waals surface area contributed by atoms with Crippen molar-refractivity contribution in [2.45, 2.75) is 18.5 Å². The van der Waals surface area contributed by atoms with E-state index in [1.165, 1.54) is 0 Å². The van der Waals surface area contributed by atoms with Gasteiger partial charge in [0.25, 0.3) is 0 Å². The Hall–Kier alpha value is -1.92. The van der Waals surface area contributed by atoms with Crippen molar-refractivity contribution in [2.75, 3.05) is 20.1 Å². The number of halogens is 2. The topological polar surface area (TPSA) is 38.9 Å². The minimum atomic E-state index is -0.909. The summed E-state index contributed by atoms with van der Waals surface area (Å²) in [6.45, 7) is 1.32. The molecule has 24 heavy (non-hydrogen) atoms. The van der Waals surface area contributed by atoms with Crippen LogP contribution in [0.2, 0.25) is 5.02 Å². The molecule has 2 aromatic heterocycles. The molecule has 2 atom stereocenters. The molecule has 4 rings (SSSR count). The van der Waals surface area contributed by atoms with Gasteiger partial charge in [-0.2, -0.15) is 10.2 Å². The van der Waals surface area contributed by atoms with Gasteiger partial charge in [-0.25, -0.2) is 9.07 Å². The number of aryl methyl sites for hydroxylation is 1. The van der Waals surface area contributed by atoms with Crippen LogP contribution in [0.25, 0.3) is 16.6 Å². The van der Waals surface area contributed by atoms with Gasteiger partial charge in [-0.3, -0.25) is 4.68 Å². The van der Waals surface area contributed by atoms with E-state index in [1.807, 2.05) is 42.0 Å². The molecule has 1 aromatic carbocycles. The molecule has 1 saturated heterocycles. The van der Waals surface area contributed by atoms with Gasteiger partial charge in [0.1, 0.15) is 11.9 Å². The molecule has 7 heteroatoms. The minimum absolute atomic E-state index is 0.171. The Morgan fingerprint density at radius 2 is 2.04 bits per heavy atom. The predicted octanol–water partition coefficient (Wildman–Crippen LogP) is 3.17. The van der Waals surface area contributed by atoms with Gasteiger partial charge in [-0.05, 0) is 37.7 Å². The molecule has 1 unspecified atom stereocenters. The number of rotatable bonds is 2. The molecular formula is C17H19ClFN5. The lowest BCUT2D eigenvalue weighted by Crippen LogP contribution is -2.38. The van der Waals surface area contributed by atoms with Crippen molar-refractivity contribution in [1.82, 2.24) is 24.5 Å². The van der Waals surface area contributed by atoms with Crippen LogP contribution in [0.1, 0.15) is 17.9 Å². The molecule has 0 saturated carbocycles. The maximum atomic E-state index is 14.6. The Morgan fingerprint density at radius 1 is 1.21 bits per heavy atom. The lowest BCUT2D eigenvalue weighted by atomic mass is 9.87. The van der Waals surface area contributed by atoms with Crippen molar-refractivity contribution in [3.63, 3.8) is 0 Å². The van der Waals surface area contributed by atoms with Crippen LogP contribution < -0.4 is 0 Å². The lowest BCUT2D eigenvalue weighted by Gasteiger charge is -2.33. The summed E-state index contributed by atoms with van der Waals surface area (Å²) in [5, 5.41) is 10.2. The highest BCUT2D eigenvalue weighted by atomic mass is 35.5. The Kier molecular flexibility index (Phi) is 3.81. The van der Waals surface area contributed by atoms with E-state index in [4.69, 9.17) is 11.6 Å². The summed E-state index contributed by atoms with van der Waals surface area (Å²) in [5.41, 5.74) is 2.67. The Bertz CT molecular complexity index is 886. The largest absolute Gasteiger partial charge is 0.303 e. The van der Waals surface area contributed by atoms with Crippen molar-refractivity contribution < 1.29 is 4.39 Å². The van der Waals surface area contributed by atoms with Gasteiger partial charge in [-0.1, -0.05) is 11.6 Å². The van der Waals surface area contributed by atoms with E-state index in [1.54, 1.807) is 17.1 Å². The molecule has 0 bridgehead atoms. The number of likely N-dealkylation sites (tertiary alicyclic amines) is 1. The van der Waals surface area contributed by atoms with E-state index in [-0.39, 0.29) is 5.92 Å². The summed E-state index contributed by atoms with van der Waals surface area (Å²) in [5.74, 6) is -0.171. The molecule has 126 valence electrons. The lowest BCUT2D eigenvalue weighted by molar-refractivity contribution is 0.139. The maximum absolute atomic E-state index is 14.6. The molecule has 0 amide bonds. The van der Waals surface area contributed by atoms with Crippen LogP contribution in [0.15, 0.2) is 30.7 Å². The average molecular weight is 348 g/mol. The molecule has 3 aromatic rings. The zero-order valence-corrected chi connectivity index (χ0v) is 14.4. The zero-order chi connectivity index (χ0) is 16.8. The van der Waals surface area contributed by atoms with E-state index in [0.717, 1.165) is 35.1 Å². The Morgan fingerprint density at radius 3 is 2.75 bits per heavy atom. The van der Waals surface area contributed by atoms with Gasteiger partial charge in [0.05, 0.1) is 24.1 Å². The smallest absolute Gasteiger partial charge is 0.120 e. The molecular weight excluding hydrogens is 329 g/mol. The summed E-state index contributed by atoms with van der Waals surface area (Å²) >= 11 is 6.46. The fourth-order valence-corrected chi connectivity index (χ4v) is 3.79. The summed E-state index contributed by atoms with van der Waals surface area (Å²) < 4.78 is 18.1. The second-order valence-corrected chi connectivity index (χ2v) is 6.94. The number of nitrogens with zero attached hydrogens (tertiary/aromatic N) is 5. The van der Waals surface area contributed by atoms with Crippen molar-refractivity contribution >= 4 is 22.5 Å². The number of piperidine rings is 1. The normalized spacial score (nSPS) is 22.3. The molecule has 0 spiro atoms. The monoisotopic (exact) mass is 347 g/mol. The first-order valence-corrected chi connectivity index (χ1v) is 8.39. The molecule has 0 aliphatic carbocycles. The predicted molar refractivity (Wildman–Crippen MR) is 92.6 cm³/mol. The summed E-state index contributed by atoms with van der Waals surface area (Å²) in [4.78, 5) is 2.02. The first kappa shape index (κ1) is 15.6. The number of fused-ring (bicyclic) bond motifs is 1. The number of hydrogen-bond donors (Lipinski definition) is 0. The molecule has 1 fully saturated rings. The zero-order valence-electron chi connectivity index (χ0n) is 13.7. The number of aromatic nitrogens is 4. The number of hydrogen-bond acceptors (Lipinski definition) is 3. The highest BCUT2D eigenvalue weighted by Gasteiger charge is 2.30. The highest BCUT2D eigenvalue weighted by Crippen LogP contribution is 2.37. The van der Waals surface area contributed by atoms with E-state index in [0.29, 0.717) is 11.6 Å². The van der Waals surface area contributed by atoms with E-state index in [2.05, 4.69) is 10.2 Å². The van der Waals surface area contributed by atoms with Crippen LogP contribution in [-0.4, -0.2) is 50.8 Å². The number of alkyl halides is 1. The van der Waals surface area contributed by atoms with Gasteiger partial charge < -0.3 is 4.90 Å². The molecule has 5 nitrogen and oxygen atoms in total. The Labute approximate surface area is 144 Å². The van der Waals surface area contributed by atoms with Crippen molar-refractivity contribution in [3.8, 4) is 5.69 Å². The second-order valence-electron chi connectivity index (χ2n) is 6.53. The molecule has 1 aliphatic heterocycles. The maximum Gasteiger partial charge on any atom is 0.120 e. The minimum Gasteiger partial charge on any atom is -0.303 e. The quantitative estimate of drug-likeness (QED) is 0.714. The van der Waals surface area contributed by atoms with E-state index < -0.39 is 6.17 Å². The molecule has 3 heterocycles. The SMILES string of the molecule is CN1CCC(c2cc3c(cnn3-c3cnn(C)c3)cc2Cl)[C@H](F)C1. The summed E-state index contributed by atoms with van der Waals surface area (Å²) in [7, 11) is 3.81. The third kappa shape index (κ3) is 2.59. The third-order valence-electron chi connectivity index (χ3n) is 4.77.